The largest absolute Gasteiger partial charge is 0.489 e. The number of aliphatic hydroxyl groups is 1. The minimum atomic E-state index is -5.25. The summed E-state index contributed by atoms with van der Waals surface area (Å²) in [5.41, 5.74) is -2.60. The number of rotatable bonds is 5. The molecule has 1 aliphatic rings. The second kappa shape index (κ2) is 7.75. The summed E-state index contributed by atoms with van der Waals surface area (Å²) in [4.78, 5) is 23.9. The number of ketones is 1. The van der Waals surface area contributed by atoms with Crippen molar-refractivity contribution in [3.63, 3.8) is 0 Å². The summed E-state index contributed by atoms with van der Waals surface area (Å²) in [5, 5.41) is 14.0. The van der Waals surface area contributed by atoms with E-state index < -0.39 is 35.7 Å². The maximum atomic E-state index is 13.5. The summed E-state index contributed by atoms with van der Waals surface area (Å²) in [5.74, 6) is -2.57. The molecule has 6 nitrogen and oxygen atoms in total. The summed E-state index contributed by atoms with van der Waals surface area (Å²) in [6.45, 7) is 1.16. The Morgan fingerprint density at radius 2 is 1.86 bits per heavy atom. The highest BCUT2D eigenvalue weighted by atomic mass is 19.4. The molecule has 2 aromatic carbocycles. The number of carbonyl (C=O) groups excluding carboxylic acids is 2. The van der Waals surface area contributed by atoms with Crippen molar-refractivity contribution in [1.82, 2.24) is 10.6 Å². The van der Waals surface area contributed by atoms with E-state index in [-0.39, 0.29) is 12.2 Å². The predicted molar refractivity (Wildman–Crippen MR) is 96.8 cm³/mol. The van der Waals surface area contributed by atoms with E-state index in [4.69, 9.17) is 4.74 Å². The Morgan fingerprint density at radius 3 is 2.48 bits per heavy atom. The number of halogens is 3. The Morgan fingerprint density at radius 1 is 1.17 bits per heavy atom. The Bertz CT molecular complexity index is 904. The Balaban J connectivity index is 1.91. The second-order valence-electron chi connectivity index (χ2n) is 6.78. The van der Waals surface area contributed by atoms with Crippen LogP contribution in [0.3, 0.4) is 0 Å². The molecule has 3 atom stereocenters. The molecular weight excluding hydrogens is 389 g/mol. The van der Waals surface area contributed by atoms with Crippen LogP contribution in [0, 0.1) is 5.92 Å². The molecule has 0 saturated carbocycles. The van der Waals surface area contributed by atoms with Gasteiger partial charge >= 0.3 is 12.2 Å². The van der Waals surface area contributed by atoms with E-state index in [1.54, 1.807) is 6.07 Å². The van der Waals surface area contributed by atoms with Crippen LogP contribution in [0.15, 0.2) is 54.6 Å². The first kappa shape index (κ1) is 20.7. The van der Waals surface area contributed by atoms with Gasteiger partial charge in [-0.3, -0.25) is 4.79 Å². The number of hydrogen-bond acceptors (Lipinski definition) is 4. The zero-order chi connectivity index (χ0) is 21.2. The molecule has 3 rings (SSSR count). The van der Waals surface area contributed by atoms with Gasteiger partial charge in [-0.05, 0) is 30.2 Å². The topological polar surface area (TPSA) is 87.7 Å². The van der Waals surface area contributed by atoms with Crippen LogP contribution in [-0.4, -0.2) is 28.8 Å². The van der Waals surface area contributed by atoms with Crippen LogP contribution in [0.2, 0.25) is 0 Å². The van der Waals surface area contributed by atoms with Gasteiger partial charge in [0.25, 0.3) is 0 Å². The molecule has 1 heterocycles. The highest BCUT2D eigenvalue weighted by Crippen LogP contribution is 2.43. The molecule has 2 aromatic rings. The van der Waals surface area contributed by atoms with Crippen molar-refractivity contribution in [2.24, 2.45) is 5.92 Å². The molecule has 0 bridgehead atoms. The van der Waals surface area contributed by atoms with Crippen molar-refractivity contribution in [2.45, 2.75) is 31.5 Å². The molecule has 3 N–H and O–H groups in total. The van der Waals surface area contributed by atoms with Crippen LogP contribution in [0.5, 0.6) is 5.75 Å². The first-order valence-electron chi connectivity index (χ1n) is 8.77. The molecular formula is C20H19F3N2O4. The highest BCUT2D eigenvalue weighted by Gasteiger charge is 2.65. The van der Waals surface area contributed by atoms with Crippen LogP contribution < -0.4 is 15.4 Å². The van der Waals surface area contributed by atoms with Crippen molar-refractivity contribution >= 4 is 11.8 Å². The molecule has 1 fully saturated rings. The fourth-order valence-electron chi connectivity index (χ4n) is 3.34. The van der Waals surface area contributed by atoms with E-state index in [0.29, 0.717) is 5.75 Å². The van der Waals surface area contributed by atoms with E-state index in [9.17, 15) is 27.9 Å². The zero-order valence-electron chi connectivity index (χ0n) is 15.4. The maximum Gasteiger partial charge on any atom is 0.437 e. The summed E-state index contributed by atoms with van der Waals surface area (Å²) in [6, 6.07) is 12.7. The normalized spacial score (nSPS) is 24.4. The molecule has 9 heteroatoms. The van der Waals surface area contributed by atoms with Crippen LogP contribution in [0.1, 0.15) is 24.1 Å². The maximum absolute atomic E-state index is 13.5. The van der Waals surface area contributed by atoms with Gasteiger partial charge in [0.2, 0.25) is 5.72 Å². The van der Waals surface area contributed by atoms with Gasteiger partial charge in [0.1, 0.15) is 18.1 Å². The number of benzene rings is 2. The van der Waals surface area contributed by atoms with Crippen molar-refractivity contribution in [3.05, 3.63) is 65.7 Å². The van der Waals surface area contributed by atoms with E-state index >= 15 is 0 Å². The molecule has 1 aliphatic heterocycles. The third-order valence-corrected chi connectivity index (χ3v) is 4.71. The van der Waals surface area contributed by atoms with Crippen LogP contribution in [0.4, 0.5) is 18.0 Å². The van der Waals surface area contributed by atoms with Gasteiger partial charge in [0.05, 0.1) is 12.0 Å². The standard InChI is InChI=1S/C20H19F3N2O4/c1-12(26)16-17(24-18(27)25-19(16,28)20(21,22)23)14-8-5-9-15(10-14)29-11-13-6-3-2-4-7-13/h2-10,16-17,28H,11H2,1H3,(H2,24,25,27). The lowest BCUT2D eigenvalue weighted by molar-refractivity contribution is -0.290. The number of hydrogen-bond donors (Lipinski definition) is 3. The van der Waals surface area contributed by atoms with E-state index in [0.717, 1.165) is 12.5 Å². The zero-order valence-corrected chi connectivity index (χ0v) is 15.4. The summed E-state index contributed by atoms with van der Waals surface area (Å²) in [6.07, 6.45) is -5.25. The van der Waals surface area contributed by atoms with Gasteiger partial charge in [-0.1, -0.05) is 42.5 Å². The number of nitrogens with one attached hydrogen (secondary N) is 2. The lowest BCUT2D eigenvalue weighted by Crippen LogP contribution is -2.72. The van der Waals surface area contributed by atoms with Gasteiger partial charge in [-0.2, -0.15) is 13.2 Å². The van der Waals surface area contributed by atoms with E-state index in [1.165, 1.54) is 23.5 Å². The monoisotopic (exact) mass is 408 g/mol. The molecule has 1 saturated heterocycles. The third-order valence-electron chi connectivity index (χ3n) is 4.71. The lowest BCUT2D eigenvalue weighted by Gasteiger charge is -2.44. The average molecular weight is 408 g/mol. The third kappa shape index (κ3) is 4.19. The number of alkyl halides is 3. The van der Waals surface area contributed by atoms with Gasteiger partial charge in [-0.15, -0.1) is 0 Å². The number of carbonyl (C=O) groups is 2. The van der Waals surface area contributed by atoms with E-state index in [2.05, 4.69) is 5.32 Å². The first-order valence-corrected chi connectivity index (χ1v) is 8.77. The summed E-state index contributed by atoms with van der Waals surface area (Å²) >= 11 is 0. The molecule has 154 valence electrons. The highest BCUT2D eigenvalue weighted by molar-refractivity contribution is 5.86. The summed E-state index contributed by atoms with van der Waals surface area (Å²) in [7, 11) is 0. The van der Waals surface area contributed by atoms with Gasteiger partial charge in [0.15, 0.2) is 0 Å². The Kier molecular flexibility index (Phi) is 5.52. The SMILES string of the molecule is CC(=O)C1C(c2cccc(OCc3ccccc3)c2)NC(=O)NC1(O)C(F)(F)F. The van der Waals surface area contributed by atoms with Gasteiger partial charge < -0.3 is 20.5 Å². The molecule has 0 radical (unpaired) electrons. The van der Waals surface area contributed by atoms with Gasteiger partial charge in [0, 0.05) is 0 Å². The summed E-state index contributed by atoms with van der Waals surface area (Å²) < 4.78 is 46.2. The first-order chi connectivity index (χ1) is 13.6. The van der Waals surface area contributed by atoms with Crippen molar-refractivity contribution in [2.75, 3.05) is 0 Å². The lowest BCUT2D eigenvalue weighted by atomic mass is 9.79. The smallest absolute Gasteiger partial charge is 0.437 e. The second-order valence-corrected chi connectivity index (χ2v) is 6.78. The van der Waals surface area contributed by atoms with E-state index in [1.807, 2.05) is 30.3 Å². The van der Waals surface area contributed by atoms with Crippen molar-refractivity contribution < 1.29 is 32.6 Å². The number of amides is 2. The van der Waals surface area contributed by atoms with Gasteiger partial charge in [-0.25, -0.2) is 4.79 Å². The van der Waals surface area contributed by atoms with Crippen LogP contribution >= 0.6 is 0 Å². The molecule has 2 amide bonds. The molecule has 0 aromatic heterocycles. The fourth-order valence-corrected chi connectivity index (χ4v) is 3.34. The molecule has 0 aliphatic carbocycles. The Labute approximate surface area is 164 Å². The fraction of sp³-hybridized carbons (Fsp3) is 0.300. The van der Waals surface area contributed by atoms with Crippen molar-refractivity contribution in [1.29, 1.82) is 0 Å². The predicted octanol–water partition coefficient (Wildman–Crippen LogP) is 3.08. The number of ether oxygens (including phenoxy) is 1. The minimum absolute atomic E-state index is 0.202. The van der Waals surface area contributed by atoms with Crippen molar-refractivity contribution in [3.8, 4) is 5.75 Å². The Hall–Kier alpha value is -3.07. The van der Waals surface area contributed by atoms with Crippen LogP contribution in [-0.2, 0) is 11.4 Å². The quantitative estimate of drug-likeness (QED) is 0.710. The molecule has 3 unspecified atom stereocenters. The number of Topliss-reactive ketones (excluding diaryl/α,β-unsaturated/α-hetero) is 1. The molecule has 0 spiro atoms. The number of urea groups is 1. The van der Waals surface area contributed by atoms with Crippen LogP contribution in [0.25, 0.3) is 0 Å². The molecule has 29 heavy (non-hydrogen) atoms. The minimum Gasteiger partial charge on any atom is -0.489 e. The average Bonchev–Trinajstić information content (AvgIpc) is 2.65.